The molecule has 0 atom stereocenters. The first-order chi connectivity index (χ1) is 7.77. The summed E-state index contributed by atoms with van der Waals surface area (Å²) in [6.45, 7) is 5.79. The Hall–Kier alpha value is -1.68. The van der Waals surface area contributed by atoms with E-state index in [9.17, 15) is 0 Å². The number of nitrogens with zero attached hydrogens (tertiary/aromatic N) is 2. The number of nitrogens with one attached hydrogen (secondary N) is 2. The molecule has 16 heavy (non-hydrogen) atoms. The maximum atomic E-state index is 4.12. The van der Waals surface area contributed by atoms with Crippen molar-refractivity contribution in [3.8, 4) is 0 Å². The predicted octanol–water partition coefficient (Wildman–Crippen LogP) is 1.71. The lowest BCUT2D eigenvalue weighted by Gasteiger charge is -2.06. The minimum Gasteiger partial charge on any atom is -0.308 e. The van der Waals surface area contributed by atoms with Crippen LogP contribution in [0.3, 0.4) is 0 Å². The van der Waals surface area contributed by atoms with Crippen LogP contribution in [0, 0.1) is 13.8 Å². The van der Waals surface area contributed by atoms with Crippen molar-refractivity contribution in [1.82, 2.24) is 20.5 Å². The molecule has 0 unspecified atom stereocenters. The molecule has 0 amide bonds. The molecule has 0 radical (unpaired) electrons. The third-order valence-corrected chi connectivity index (χ3v) is 2.71. The number of aromatic amines is 1. The Balaban J connectivity index is 1.89. The lowest BCUT2D eigenvalue weighted by atomic mass is 10.1. The molecule has 0 aliphatic heterocycles. The van der Waals surface area contributed by atoms with E-state index in [0.717, 1.165) is 18.8 Å². The average molecular weight is 216 g/mol. The van der Waals surface area contributed by atoms with Crippen molar-refractivity contribution >= 4 is 0 Å². The van der Waals surface area contributed by atoms with Crippen molar-refractivity contribution in [1.29, 1.82) is 0 Å². The summed E-state index contributed by atoms with van der Waals surface area (Å²) < 4.78 is 0. The van der Waals surface area contributed by atoms with Crippen molar-refractivity contribution in [2.45, 2.75) is 26.9 Å². The molecule has 0 aliphatic carbocycles. The number of pyridine rings is 1. The summed E-state index contributed by atoms with van der Waals surface area (Å²) in [5.74, 6) is 0. The number of aromatic nitrogens is 3. The minimum atomic E-state index is 0.830. The topological polar surface area (TPSA) is 53.6 Å². The van der Waals surface area contributed by atoms with Crippen LogP contribution in [0.4, 0.5) is 0 Å². The standard InChI is InChI=1S/C12H16N4/c1-9-3-4-13-5-11(9)6-14-7-12-8-15-16-10(12)2/h3-5,8,14H,6-7H2,1-2H3,(H,15,16). The molecule has 0 aliphatic rings. The molecule has 4 nitrogen and oxygen atoms in total. The van der Waals surface area contributed by atoms with Gasteiger partial charge in [0.25, 0.3) is 0 Å². The van der Waals surface area contributed by atoms with E-state index >= 15 is 0 Å². The summed E-state index contributed by atoms with van der Waals surface area (Å²) in [4.78, 5) is 4.12. The van der Waals surface area contributed by atoms with Gasteiger partial charge in [-0.2, -0.15) is 5.10 Å². The van der Waals surface area contributed by atoms with Crippen molar-refractivity contribution in [3.63, 3.8) is 0 Å². The van der Waals surface area contributed by atoms with Gasteiger partial charge in [-0.1, -0.05) is 0 Å². The molecule has 0 saturated heterocycles. The second kappa shape index (κ2) is 4.90. The maximum Gasteiger partial charge on any atom is 0.0535 e. The average Bonchev–Trinajstić information content (AvgIpc) is 2.67. The molecule has 0 spiro atoms. The SMILES string of the molecule is Cc1ccncc1CNCc1cn[nH]c1C. The van der Waals surface area contributed by atoms with Crippen LogP contribution < -0.4 is 5.32 Å². The van der Waals surface area contributed by atoms with Crippen LogP contribution in [-0.2, 0) is 13.1 Å². The van der Waals surface area contributed by atoms with Crippen molar-refractivity contribution in [3.05, 3.63) is 47.0 Å². The number of hydrogen-bond donors (Lipinski definition) is 2. The highest BCUT2D eigenvalue weighted by Crippen LogP contribution is 2.06. The molecule has 0 saturated carbocycles. The Kier molecular flexibility index (Phi) is 3.31. The molecule has 2 aromatic heterocycles. The van der Waals surface area contributed by atoms with Crippen LogP contribution in [0.5, 0.6) is 0 Å². The molecule has 2 rings (SSSR count). The van der Waals surface area contributed by atoms with E-state index in [1.807, 2.05) is 31.6 Å². The summed E-state index contributed by atoms with van der Waals surface area (Å²) in [6, 6.07) is 2.03. The second-order valence-corrected chi connectivity index (χ2v) is 3.93. The monoisotopic (exact) mass is 216 g/mol. The van der Waals surface area contributed by atoms with E-state index in [1.54, 1.807) is 0 Å². The van der Waals surface area contributed by atoms with E-state index in [4.69, 9.17) is 0 Å². The van der Waals surface area contributed by atoms with Gasteiger partial charge in [0, 0.05) is 36.7 Å². The van der Waals surface area contributed by atoms with Crippen LogP contribution in [0.25, 0.3) is 0 Å². The fourth-order valence-corrected chi connectivity index (χ4v) is 1.57. The molecular weight excluding hydrogens is 200 g/mol. The predicted molar refractivity (Wildman–Crippen MR) is 62.8 cm³/mol. The number of hydrogen-bond acceptors (Lipinski definition) is 3. The third-order valence-electron chi connectivity index (χ3n) is 2.71. The molecular formula is C12H16N4. The Morgan fingerprint density at radius 1 is 1.19 bits per heavy atom. The lowest BCUT2D eigenvalue weighted by Crippen LogP contribution is -2.13. The fraction of sp³-hybridized carbons (Fsp3) is 0.333. The number of H-pyrrole nitrogens is 1. The van der Waals surface area contributed by atoms with Crippen molar-refractivity contribution in [2.75, 3.05) is 0 Å². The summed E-state index contributed by atoms with van der Waals surface area (Å²) >= 11 is 0. The zero-order chi connectivity index (χ0) is 11.4. The Morgan fingerprint density at radius 2 is 2.00 bits per heavy atom. The van der Waals surface area contributed by atoms with Crippen LogP contribution in [-0.4, -0.2) is 15.2 Å². The van der Waals surface area contributed by atoms with Gasteiger partial charge in [-0.25, -0.2) is 0 Å². The van der Waals surface area contributed by atoms with Gasteiger partial charge in [-0.05, 0) is 31.0 Å². The summed E-state index contributed by atoms with van der Waals surface area (Å²) in [6.07, 6.45) is 5.59. The normalized spacial score (nSPS) is 10.6. The lowest BCUT2D eigenvalue weighted by molar-refractivity contribution is 0.686. The molecule has 2 N–H and O–H groups in total. The fourth-order valence-electron chi connectivity index (χ4n) is 1.57. The zero-order valence-corrected chi connectivity index (χ0v) is 9.62. The van der Waals surface area contributed by atoms with Gasteiger partial charge < -0.3 is 5.32 Å². The van der Waals surface area contributed by atoms with E-state index in [1.165, 1.54) is 16.7 Å². The van der Waals surface area contributed by atoms with E-state index in [-0.39, 0.29) is 0 Å². The zero-order valence-electron chi connectivity index (χ0n) is 9.62. The highest BCUT2D eigenvalue weighted by atomic mass is 15.1. The van der Waals surface area contributed by atoms with Gasteiger partial charge in [-0.3, -0.25) is 10.1 Å². The van der Waals surface area contributed by atoms with Crippen molar-refractivity contribution < 1.29 is 0 Å². The van der Waals surface area contributed by atoms with Crippen LogP contribution >= 0.6 is 0 Å². The molecule has 84 valence electrons. The smallest absolute Gasteiger partial charge is 0.0535 e. The van der Waals surface area contributed by atoms with Gasteiger partial charge >= 0.3 is 0 Å². The van der Waals surface area contributed by atoms with Gasteiger partial charge in [0.15, 0.2) is 0 Å². The van der Waals surface area contributed by atoms with Crippen LogP contribution in [0.2, 0.25) is 0 Å². The largest absolute Gasteiger partial charge is 0.308 e. The Morgan fingerprint density at radius 3 is 2.69 bits per heavy atom. The van der Waals surface area contributed by atoms with Crippen LogP contribution in [0.1, 0.15) is 22.4 Å². The minimum absolute atomic E-state index is 0.830. The molecule has 4 heteroatoms. The summed E-state index contributed by atoms with van der Waals surface area (Å²) in [5, 5.41) is 10.3. The van der Waals surface area contributed by atoms with E-state index < -0.39 is 0 Å². The molecule has 0 fully saturated rings. The van der Waals surface area contributed by atoms with Gasteiger partial charge in [-0.15, -0.1) is 0 Å². The van der Waals surface area contributed by atoms with Gasteiger partial charge in [0.1, 0.15) is 0 Å². The second-order valence-electron chi connectivity index (χ2n) is 3.93. The Labute approximate surface area is 95.1 Å². The quantitative estimate of drug-likeness (QED) is 0.818. The third kappa shape index (κ3) is 2.46. The first-order valence-electron chi connectivity index (χ1n) is 5.36. The maximum absolute atomic E-state index is 4.12. The number of rotatable bonds is 4. The highest BCUT2D eigenvalue weighted by molar-refractivity contribution is 5.21. The van der Waals surface area contributed by atoms with E-state index in [2.05, 4.69) is 27.4 Å². The van der Waals surface area contributed by atoms with Gasteiger partial charge in [0.2, 0.25) is 0 Å². The van der Waals surface area contributed by atoms with Gasteiger partial charge in [0.05, 0.1) is 6.20 Å². The summed E-state index contributed by atoms with van der Waals surface area (Å²) in [5.41, 5.74) is 4.84. The van der Waals surface area contributed by atoms with Crippen LogP contribution in [0.15, 0.2) is 24.7 Å². The Bertz CT molecular complexity index is 462. The molecule has 2 heterocycles. The molecule has 0 aromatic carbocycles. The molecule has 2 aromatic rings. The van der Waals surface area contributed by atoms with E-state index in [0.29, 0.717) is 0 Å². The summed E-state index contributed by atoms with van der Waals surface area (Å²) in [7, 11) is 0. The first-order valence-corrected chi connectivity index (χ1v) is 5.36. The first kappa shape index (κ1) is 10.8. The molecule has 0 bridgehead atoms. The van der Waals surface area contributed by atoms with Crippen molar-refractivity contribution in [2.24, 2.45) is 0 Å². The highest BCUT2D eigenvalue weighted by Gasteiger charge is 2.01. The number of aryl methyl sites for hydroxylation is 2.